The van der Waals surface area contributed by atoms with E-state index in [0.717, 1.165) is 61.7 Å². The van der Waals surface area contributed by atoms with Crippen LogP contribution in [0.3, 0.4) is 0 Å². The van der Waals surface area contributed by atoms with Crippen LogP contribution in [0.25, 0.3) is 33.3 Å². The van der Waals surface area contributed by atoms with Crippen LogP contribution in [0.15, 0.2) is 125 Å². The summed E-state index contributed by atoms with van der Waals surface area (Å²) in [6.07, 6.45) is 0. The third-order valence-electron chi connectivity index (χ3n) is 7.36. The van der Waals surface area contributed by atoms with Crippen molar-refractivity contribution >= 4 is 39.7 Å². The van der Waals surface area contributed by atoms with E-state index < -0.39 is 0 Å². The van der Waals surface area contributed by atoms with E-state index in [9.17, 15) is 4.39 Å². The average Bonchev–Trinajstić information content (AvgIpc) is 3.00. The van der Waals surface area contributed by atoms with Crippen LogP contribution in [0.5, 0.6) is 5.75 Å². The third kappa shape index (κ3) is 4.10. The molecule has 1 aliphatic heterocycles. The lowest BCUT2D eigenvalue weighted by Crippen LogP contribution is -2.15. The van der Waals surface area contributed by atoms with E-state index in [-0.39, 0.29) is 5.82 Å². The summed E-state index contributed by atoms with van der Waals surface area (Å²) in [6, 6.07) is 38.1. The summed E-state index contributed by atoms with van der Waals surface area (Å²) < 4.78 is 19.3. The molecule has 5 heteroatoms. The number of hydrogen-bond acceptors (Lipinski definition) is 4. The van der Waals surface area contributed by atoms with Crippen molar-refractivity contribution < 1.29 is 9.13 Å². The lowest BCUT2D eigenvalue weighted by atomic mass is 9.94. The van der Waals surface area contributed by atoms with Crippen LogP contribution in [0.4, 0.5) is 21.5 Å². The lowest BCUT2D eigenvalue weighted by molar-refractivity contribution is 0.415. The highest BCUT2D eigenvalue weighted by Gasteiger charge is 2.27. The zero-order valence-corrected chi connectivity index (χ0v) is 22.9. The number of para-hydroxylation sites is 2. The van der Waals surface area contributed by atoms with E-state index >= 15 is 0 Å². The van der Waals surface area contributed by atoms with E-state index in [1.165, 1.54) is 21.9 Å². The standard InChI is InChI=1S/C35H25FN2OS/c1-22-11-20-31(38-29-7-3-5-9-32(29)40-33-10-6-4-8-30(33)38)35-34(22)27(23-14-18-26(39-2)19-15-23)21-28(37-35)24-12-16-25(36)17-13-24/h3-21H,1-2H3. The Hall–Kier alpha value is -4.61. The molecule has 1 aromatic heterocycles. The van der Waals surface area contributed by atoms with E-state index in [0.29, 0.717) is 0 Å². The molecule has 0 unspecified atom stereocenters. The van der Waals surface area contributed by atoms with Gasteiger partial charge in [0, 0.05) is 20.7 Å². The number of hydrogen-bond donors (Lipinski definition) is 0. The summed E-state index contributed by atoms with van der Waals surface area (Å²) in [5, 5.41) is 1.08. The molecule has 0 atom stereocenters. The van der Waals surface area contributed by atoms with Crippen LogP contribution >= 0.6 is 11.8 Å². The normalized spacial score (nSPS) is 12.2. The van der Waals surface area contributed by atoms with E-state index in [2.05, 4.69) is 90.7 Å². The first kappa shape index (κ1) is 24.4. The number of anilines is 3. The minimum atomic E-state index is -0.268. The minimum absolute atomic E-state index is 0.268. The molecule has 194 valence electrons. The smallest absolute Gasteiger partial charge is 0.123 e. The van der Waals surface area contributed by atoms with E-state index in [4.69, 9.17) is 9.72 Å². The Morgan fingerprint density at radius 2 is 1.32 bits per heavy atom. The average molecular weight is 541 g/mol. The van der Waals surface area contributed by atoms with Gasteiger partial charge in [-0.2, -0.15) is 0 Å². The highest BCUT2D eigenvalue weighted by atomic mass is 32.2. The molecule has 0 bridgehead atoms. The third-order valence-corrected chi connectivity index (χ3v) is 8.49. The number of aromatic nitrogens is 1. The number of ether oxygens (including phenoxy) is 1. The van der Waals surface area contributed by atoms with Crippen molar-refractivity contribution in [1.82, 2.24) is 4.98 Å². The van der Waals surface area contributed by atoms with Gasteiger partial charge >= 0.3 is 0 Å². The summed E-state index contributed by atoms with van der Waals surface area (Å²) in [4.78, 5) is 9.99. The fourth-order valence-corrected chi connectivity index (χ4v) is 6.47. The van der Waals surface area contributed by atoms with Crippen molar-refractivity contribution in [3.05, 3.63) is 127 Å². The first-order valence-electron chi connectivity index (χ1n) is 13.1. The Balaban J connectivity index is 1.56. The number of halogens is 1. The lowest BCUT2D eigenvalue weighted by Gasteiger charge is -2.33. The Morgan fingerprint density at radius 3 is 1.98 bits per heavy atom. The van der Waals surface area contributed by atoms with Crippen LogP contribution in [0, 0.1) is 12.7 Å². The summed E-state index contributed by atoms with van der Waals surface area (Å²) >= 11 is 1.78. The second-order valence-electron chi connectivity index (χ2n) is 9.79. The van der Waals surface area contributed by atoms with Gasteiger partial charge in [0.25, 0.3) is 0 Å². The van der Waals surface area contributed by atoms with Crippen molar-refractivity contribution in [2.24, 2.45) is 0 Å². The first-order valence-corrected chi connectivity index (χ1v) is 13.9. The van der Waals surface area contributed by atoms with Crippen LogP contribution in [0.2, 0.25) is 0 Å². The number of rotatable bonds is 4. The molecule has 0 saturated carbocycles. The number of nitrogens with zero attached hydrogens (tertiary/aromatic N) is 2. The first-order chi connectivity index (χ1) is 19.6. The van der Waals surface area contributed by atoms with Crippen molar-refractivity contribution in [1.29, 1.82) is 0 Å². The summed E-state index contributed by atoms with van der Waals surface area (Å²) in [5.41, 5.74) is 9.05. The summed E-state index contributed by atoms with van der Waals surface area (Å²) in [6.45, 7) is 2.13. The number of aryl methyl sites for hydroxylation is 1. The highest BCUT2D eigenvalue weighted by Crippen LogP contribution is 2.53. The van der Waals surface area contributed by atoms with Crippen molar-refractivity contribution in [3.8, 4) is 28.1 Å². The quantitative estimate of drug-likeness (QED) is 0.222. The molecule has 1 aliphatic rings. The molecular weight excluding hydrogens is 515 g/mol. The Labute approximate surface area is 236 Å². The second kappa shape index (κ2) is 9.85. The predicted octanol–water partition coefficient (Wildman–Crippen LogP) is 9.96. The largest absolute Gasteiger partial charge is 0.497 e. The minimum Gasteiger partial charge on any atom is -0.497 e. The van der Waals surface area contributed by atoms with Gasteiger partial charge in [0.15, 0.2) is 0 Å². The maximum atomic E-state index is 13.9. The molecule has 6 aromatic rings. The van der Waals surface area contributed by atoms with Gasteiger partial charge in [-0.05, 0) is 96.4 Å². The zero-order valence-electron chi connectivity index (χ0n) is 22.1. The second-order valence-corrected chi connectivity index (χ2v) is 10.9. The van der Waals surface area contributed by atoms with Gasteiger partial charge in [-0.1, -0.05) is 54.2 Å². The molecule has 7 rings (SSSR count). The van der Waals surface area contributed by atoms with Gasteiger partial charge in [-0.15, -0.1) is 0 Å². The SMILES string of the molecule is COc1ccc(-c2cc(-c3ccc(F)cc3)nc3c(N4c5ccccc5Sc5ccccc54)ccc(C)c23)cc1. The molecule has 3 nitrogen and oxygen atoms in total. The fraction of sp³-hybridized carbons (Fsp3) is 0.0571. The van der Waals surface area contributed by atoms with Crippen LogP contribution < -0.4 is 9.64 Å². The molecule has 0 aliphatic carbocycles. The van der Waals surface area contributed by atoms with Crippen LogP contribution in [0.1, 0.15) is 5.56 Å². The molecule has 0 radical (unpaired) electrons. The highest BCUT2D eigenvalue weighted by molar-refractivity contribution is 7.99. The molecule has 5 aromatic carbocycles. The van der Waals surface area contributed by atoms with Gasteiger partial charge in [0.05, 0.1) is 35.4 Å². The molecule has 2 heterocycles. The van der Waals surface area contributed by atoms with Crippen LogP contribution in [-0.4, -0.2) is 12.1 Å². The van der Waals surface area contributed by atoms with Crippen molar-refractivity contribution in [2.45, 2.75) is 16.7 Å². The van der Waals surface area contributed by atoms with Gasteiger partial charge in [0.1, 0.15) is 11.6 Å². The predicted molar refractivity (Wildman–Crippen MR) is 163 cm³/mol. The topological polar surface area (TPSA) is 25.4 Å². The zero-order chi connectivity index (χ0) is 27.2. The van der Waals surface area contributed by atoms with Crippen molar-refractivity contribution in [3.63, 3.8) is 0 Å². The van der Waals surface area contributed by atoms with E-state index in [1.54, 1.807) is 31.0 Å². The Bertz CT molecular complexity index is 1840. The summed E-state index contributed by atoms with van der Waals surface area (Å²) in [5.74, 6) is 0.535. The maximum Gasteiger partial charge on any atom is 0.123 e. The molecule has 0 saturated heterocycles. The number of benzene rings is 5. The molecule has 0 amide bonds. The number of fused-ring (bicyclic) bond motifs is 3. The van der Waals surface area contributed by atoms with Gasteiger partial charge in [-0.3, -0.25) is 0 Å². The van der Waals surface area contributed by atoms with Gasteiger partial charge < -0.3 is 9.64 Å². The molecule has 40 heavy (non-hydrogen) atoms. The van der Waals surface area contributed by atoms with E-state index in [1.807, 2.05) is 12.1 Å². The monoisotopic (exact) mass is 540 g/mol. The van der Waals surface area contributed by atoms with Crippen LogP contribution in [-0.2, 0) is 0 Å². The van der Waals surface area contributed by atoms with Gasteiger partial charge in [-0.25, -0.2) is 9.37 Å². The number of pyridine rings is 1. The fourth-order valence-electron chi connectivity index (χ4n) is 5.41. The molecule has 0 N–H and O–H groups in total. The maximum absolute atomic E-state index is 13.9. The van der Waals surface area contributed by atoms with Crippen molar-refractivity contribution in [2.75, 3.05) is 12.0 Å². The Morgan fingerprint density at radius 1 is 0.700 bits per heavy atom. The molecule has 0 spiro atoms. The molecular formula is C35H25FN2OS. The summed E-state index contributed by atoms with van der Waals surface area (Å²) in [7, 11) is 1.67. The van der Waals surface area contributed by atoms with Gasteiger partial charge in [0.2, 0.25) is 0 Å². The number of methoxy groups -OCH3 is 1. The molecule has 0 fully saturated rings. The Kier molecular flexibility index (Phi) is 6.02.